The van der Waals surface area contributed by atoms with Crippen LogP contribution in [-0.2, 0) is 15.8 Å². The first-order chi connectivity index (χ1) is 18.2. The van der Waals surface area contributed by atoms with Gasteiger partial charge in [-0.1, -0.05) is 30.5 Å². The van der Waals surface area contributed by atoms with Crippen molar-refractivity contribution in [1.82, 2.24) is 10.6 Å². The summed E-state index contributed by atoms with van der Waals surface area (Å²) in [6.45, 7) is 1.38. The lowest BCUT2D eigenvalue weighted by molar-refractivity contribution is -0.167. The van der Waals surface area contributed by atoms with Gasteiger partial charge in [0, 0.05) is 16.7 Å². The number of hydrogen-bond donors (Lipinski definition) is 3. The normalized spacial score (nSPS) is 17.8. The second-order valence-electron chi connectivity index (χ2n) is 9.24. The van der Waals surface area contributed by atoms with Crippen LogP contribution in [0.15, 0.2) is 47.4 Å². The molecule has 2 aromatic rings. The molecule has 2 aromatic carbocycles. The first-order valence-corrected chi connectivity index (χ1v) is 13.1. The quantitative estimate of drug-likeness (QED) is 0.278. The topological polar surface area (TPSA) is 87.3 Å². The van der Waals surface area contributed by atoms with Crippen molar-refractivity contribution in [3.63, 3.8) is 0 Å². The van der Waals surface area contributed by atoms with E-state index in [9.17, 15) is 40.7 Å². The number of halogens is 6. The van der Waals surface area contributed by atoms with Gasteiger partial charge in [0.05, 0.1) is 23.4 Å². The minimum Gasteiger partial charge on any atom is -0.352 e. The Morgan fingerprint density at radius 3 is 2.26 bits per heavy atom. The SMILES string of the molecule is Cc1ccc(SC[C@H]2CCCC[C@@H]2NC(=O)CNC(=O)c2cc(C(F)(F)F)ccc2NC(=O)C(F)(F)F)cc1. The standard InChI is InChI=1S/C26H27F6N3O3S/c1-15-6-9-18(10-7-15)39-14-16-4-2-3-5-20(16)34-22(36)13-33-23(37)19-12-17(25(27,28)29)8-11-21(19)35-24(38)26(30,31)32/h6-12,16,20H,2-5,13-14H2,1H3,(H,33,37)(H,34,36)(H,35,38)/t16-,20+/m1/s1. The first-order valence-electron chi connectivity index (χ1n) is 12.1. The number of carbonyl (C=O) groups is 3. The van der Waals surface area contributed by atoms with E-state index in [0.717, 1.165) is 41.9 Å². The number of carbonyl (C=O) groups excluding carboxylic acids is 3. The van der Waals surface area contributed by atoms with Gasteiger partial charge in [-0.3, -0.25) is 14.4 Å². The van der Waals surface area contributed by atoms with Gasteiger partial charge < -0.3 is 16.0 Å². The molecule has 6 nitrogen and oxygen atoms in total. The Morgan fingerprint density at radius 1 is 0.949 bits per heavy atom. The number of aryl methyl sites for hydroxylation is 1. The van der Waals surface area contributed by atoms with Crippen molar-refractivity contribution >= 4 is 35.2 Å². The van der Waals surface area contributed by atoms with Gasteiger partial charge in [0.1, 0.15) is 0 Å². The Bertz CT molecular complexity index is 1180. The predicted octanol–water partition coefficient (Wildman–Crippen LogP) is 5.71. The number of anilines is 1. The zero-order valence-electron chi connectivity index (χ0n) is 20.8. The Balaban J connectivity index is 1.63. The van der Waals surface area contributed by atoms with Crippen LogP contribution in [0.1, 0.15) is 47.2 Å². The lowest BCUT2D eigenvalue weighted by Gasteiger charge is -2.32. The largest absolute Gasteiger partial charge is 0.471 e. The van der Waals surface area contributed by atoms with Crippen molar-refractivity contribution in [3.05, 3.63) is 59.2 Å². The van der Waals surface area contributed by atoms with Crippen LogP contribution in [0.2, 0.25) is 0 Å². The Labute approximate surface area is 225 Å². The van der Waals surface area contributed by atoms with E-state index in [-0.39, 0.29) is 12.0 Å². The molecule has 3 rings (SSSR count). The molecule has 1 saturated carbocycles. The summed E-state index contributed by atoms with van der Waals surface area (Å²) >= 11 is 1.67. The molecule has 0 radical (unpaired) electrons. The molecular weight excluding hydrogens is 548 g/mol. The maximum atomic E-state index is 13.1. The van der Waals surface area contributed by atoms with E-state index in [2.05, 4.69) is 10.6 Å². The highest BCUT2D eigenvalue weighted by Gasteiger charge is 2.40. The van der Waals surface area contributed by atoms with Crippen LogP contribution in [0.3, 0.4) is 0 Å². The monoisotopic (exact) mass is 575 g/mol. The number of hydrogen-bond acceptors (Lipinski definition) is 4. The fraction of sp³-hybridized carbons (Fsp3) is 0.423. The van der Waals surface area contributed by atoms with Gasteiger partial charge >= 0.3 is 18.3 Å². The second kappa shape index (κ2) is 12.8. The summed E-state index contributed by atoms with van der Waals surface area (Å²) in [6, 6.07) is 9.20. The van der Waals surface area contributed by atoms with E-state index < -0.39 is 53.4 Å². The van der Waals surface area contributed by atoms with E-state index >= 15 is 0 Å². The smallest absolute Gasteiger partial charge is 0.352 e. The van der Waals surface area contributed by atoms with E-state index in [0.29, 0.717) is 18.2 Å². The number of thioether (sulfide) groups is 1. The molecule has 1 aliphatic rings. The van der Waals surface area contributed by atoms with Crippen LogP contribution in [0, 0.1) is 12.8 Å². The first kappa shape index (κ1) is 30.3. The molecule has 3 N–H and O–H groups in total. The molecule has 0 saturated heterocycles. The number of rotatable bonds is 8. The van der Waals surface area contributed by atoms with Crippen molar-refractivity contribution in [2.75, 3.05) is 17.6 Å². The van der Waals surface area contributed by atoms with Crippen LogP contribution in [0.5, 0.6) is 0 Å². The molecule has 0 spiro atoms. The zero-order chi connectivity index (χ0) is 28.8. The molecule has 0 bridgehead atoms. The fourth-order valence-electron chi connectivity index (χ4n) is 4.16. The van der Waals surface area contributed by atoms with E-state index in [4.69, 9.17) is 0 Å². The van der Waals surface area contributed by atoms with Gasteiger partial charge in [0.25, 0.3) is 5.91 Å². The lowest BCUT2D eigenvalue weighted by atomic mass is 9.86. The minimum absolute atomic E-state index is 0.164. The second-order valence-corrected chi connectivity index (χ2v) is 10.3. The van der Waals surface area contributed by atoms with E-state index in [1.807, 2.05) is 31.2 Å². The summed E-state index contributed by atoms with van der Waals surface area (Å²) in [5, 5.41) is 6.40. The number of benzene rings is 2. The molecule has 2 atom stereocenters. The van der Waals surface area contributed by atoms with Gasteiger partial charge in [0.2, 0.25) is 5.91 Å². The van der Waals surface area contributed by atoms with Crippen molar-refractivity contribution < 1.29 is 40.7 Å². The van der Waals surface area contributed by atoms with Crippen LogP contribution in [-0.4, -0.2) is 42.2 Å². The molecule has 212 valence electrons. The van der Waals surface area contributed by atoms with Crippen molar-refractivity contribution in [2.45, 2.75) is 55.9 Å². The number of amides is 3. The Kier molecular flexibility index (Phi) is 9.92. The maximum Gasteiger partial charge on any atom is 0.471 e. The predicted molar refractivity (Wildman–Crippen MR) is 134 cm³/mol. The molecule has 13 heteroatoms. The van der Waals surface area contributed by atoms with Crippen molar-refractivity contribution in [3.8, 4) is 0 Å². The average molecular weight is 576 g/mol. The molecule has 3 amide bonds. The van der Waals surface area contributed by atoms with Gasteiger partial charge in [-0.2, -0.15) is 26.3 Å². The van der Waals surface area contributed by atoms with Gasteiger partial charge in [-0.25, -0.2) is 0 Å². The van der Waals surface area contributed by atoms with Crippen LogP contribution >= 0.6 is 11.8 Å². The van der Waals surface area contributed by atoms with Crippen molar-refractivity contribution in [1.29, 1.82) is 0 Å². The molecule has 1 aliphatic carbocycles. The molecule has 0 aromatic heterocycles. The van der Waals surface area contributed by atoms with Crippen molar-refractivity contribution in [2.24, 2.45) is 5.92 Å². The molecule has 1 fully saturated rings. The molecule has 0 heterocycles. The van der Waals surface area contributed by atoms with Gasteiger partial charge in [-0.15, -0.1) is 11.8 Å². The summed E-state index contributed by atoms with van der Waals surface area (Å²) in [7, 11) is 0. The highest BCUT2D eigenvalue weighted by atomic mass is 32.2. The summed E-state index contributed by atoms with van der Waals surface area (Å²) < 4.78 is 77.4. The zero-order valence-corrected chi connectivity index (χ0v) is 21.7. The third-order valence-corrected chi connectivity index (χ3v) is 7.45. The van der Waals surface area contributed by atoms with Crippen LogP contribution in [0.4, 0.5) is 32.0 Å². The Hall–Kier alpha value is -3.22. The fourth-order valence-corrected chi connectivity index (χ4v) is 5.29. The van der Waals surface area contributed by atoms with E-state index in [1.54, 1.807) is 11.8 Å². The van der Waals surface area contributed by atoms with E-state index in [1.165, 1.54) is 5.32 Å². The molecule has 0 aliphatic heterocycles. The molecular formula is C26H27F6N3O3S. The third kappa shape index (κ3) is 8.91. The van der Waals surface area contributed by atoms with Crippen LogP contribution in [0.25, 0.3) is 0 Å². The number of nitrogens with one attached hydrogen (secondary N) is 3. The summed E-state index contributed by atoms with van der Waals surface area (Å²) in [4.78, 5) is 37.6. The maximum absolute atomic E-state index is 13.1. The highest BCUT2D eigenvalue weighted by molar-refractivity contribution is 7.99. The van der Waals surface area contributed by atoms with Crippen LogP contribution < -0.4 is 16.0 Å². The average Bonchev–Trinajstić information content (AvgIpc) is 2.86. The summed E-state index contributed by atoms with van der Waals surface area (Å²) in [6.07, 6.45) is -6.71. The van der Waals surface area contributed by atoms with Gasteiger partial charge in [-0.05, 0) is 56.0 Å². The summed E-state index contributed by atoms with van der Waals surface area (Å²) in [5.41, 5.74) is -1.80. The highest BCUT2D eigenvalue weighted by Crippen LogP contribution is 2.33. The molecule has 0 unspecified atom stereocenters. The lowest BCUT2D eigenvalue weighted by Crippen LogP contribution is -2.47. The third-order valence-electron chi connectivity index (χ3n) is 6.25. The minimum atomic E-state index is -5.33. The molecule has 39 heavy (non-hydrogen) atoms. The Morgan fingerprint density at radius 2 is 1.62 bits per heavy atom. The van der Waals surface area contributed by atoms with Gasteiger partial charge in [0.15, 0.2) is 0 Å². The number of alkyl halides is 6. The summed E-state index contributed by atoms with van der Waals surface area (Å²) in [5.74, 6) is -3.37.